The summed E-state index contributed by atoms with van der Waals surface area (Å²) in [7, 11) is 4.07. The molecular formula is C25H38N2O2. The van der Waals surface area contributed by atoms with E-state index in [9.17, 15) is 4.79 Å². The van der Waals surface area contributed by atoms with Gasteiger partial charge in [-0.2, -0.15) is 0 Å². The average molecular weight is 399 g/mol. The molecule has 0 N–H and O–H groups in total. The quantitative estimate of drug-likeness (QED) is 0.368. The third-order valence-electron chi connectivity index (χ3n) is 5.37. The van der Waals surface area contributed by atoms with Crippen LogP contribution in [0.3, 0.4) is 0 Å². The van der Waals surface area contributed by atoms with Gasteiger partial charge in [-0.1, -0.05) is 54.4 Å². The number of unbranched alkanes of at least 4 members (excludes halogenated alkanes) is 1. The van der Waals surface area contributed by atoms with Gasteiger partial charge in [0.1, 0.15) is 5.75 Å². The molecule has 0 fully saturated rings. The van der Waals surface area contributed by atoms with E-state index in [0.717, 1.165) is 41.4 Å². The number of carbonyl (C=O) groups is 1. The third kappa shape index (κ3) is 5.79. The number of rotatable bonds is 9. The zero-order chi connectivity index (χ0) is 21.7. The second kappa shape index (κ2) is 10.2. The van der Waals surface area contributed by atoms with Crippen molar-refractivity contribution in [2.24, 2.45) is 5.92 Å². The van der Waals surface area contributed by atoms with Crippen LogP contribution in [0.2, 0.25) is 0 Å². The molecule has 2 rings (SSSR count). The van der Waals surface area contributed by atoms with E-state index in [0.29, 0.717) is 24.1 Å². The molecule has 2 aromatic rings. The van der Waals surface area contributed by atoms with E-state index in [2.05, 4.69) is 45.6 Å². The lowest BCUT2D eigenvalue weighted by Crippen LogP contribution is -2.20. The molecule has 0 aliphatic rings. The second-order valence-corrected chi connectivity index (χ2v) is 9.08. The van der Waals surface area contributed by atoms with Gasteiger partial charge in [-0.15, -0.1) is 0 Å². The summed E-state index contributed by atoms with van der Waals surface area (Å²) in [4.78, 5) is 19.8. The topological polar surface area (TPSA) is 42.4 Å². The zero-order valence-corrected chi connectivity index (χ0v) is 19.5. The predicted octanol–water partition coefficient (Wildman–Crippen LogP) is 6.27. The largest absolute Gasteiger partial charge is 0.426 e. The van der Waals surface area contributed by atoms with Crippen LogP contribution >= 0.6 is 0 Å². The maximum absolute atomic E-state index is 12.7. The molecule has 4 heteroatoms. The molecule has 1 aromatic heterocycles. The molecule has 29 heavy (non-hydrogen) atoms. The fourth-order valence-electron chi connectivity index (χ4n) is 3.65. The Balaban J connectivity index is 2.56. The van der Waals surface area contributed by atoms with Crippen LogP contribution in [0, 0.1) is 5.92 Å². The number of benzene rings is 1. The number of hydrogen-bond donors (Lipinski definition) is 0. The normalized spacial score (nSPS) is 12.9. The van der Waals surface area contributed by atoms with Crippen molar-refractivity contribution < 1.29 is 9.53 Å². The number of ether oxygens (including phenoxy) is 1. The van der Waals surface area contributed by atoms with Crippen molar-refractivity contribution in [3.8, 4) is 5.75 Å². The molecule has 160 valence electrons. The van der Waals surface area contributed by atoms with Crippen molar-refractivity contribution in [2.75, 3.05) is 14.1 Å². The predicted molar refractivity (Wildman–Crippen MR) is 122 cm³/mol. The van der Waals surface area contributed by atoms with Crippen LogP contribution in [0.4, 0.5) is 0 Å². The first-order chi connectivity index (χ1) is 13.6. The highest BCUT2D eigenvalue weighted by Gasteiger charge is 2.21. The standard InChI is InChI=1S/C25H38N2O2/c1-9-10-11-18(6)25(28)29-23-13-12-22-20(21(23)15-27(7)8)14-19(16(2)3)24(26-22)17(4)5/h12-14,16-18H,9-11,15H2,1-8H3. The fraction of sp³-hybridized carbons (Fsp3) is 0.600. The average Bonchev–Trinajstić information content (AvgIpc) is 2.66. The summed E-state index contributed by atoms with van der Waals surface area (Å²) in [5.74, 6) is 1.18. The molecule has 1 aromatic carbocycles. The lowest BCUT2D eigenvalue weighted by atomic mass is 9.92. The van der Waals surface area contributed by atoms with Crippen molar-refractivity contribution in [1.82, 2.24) is 9.88 Å². The van der Waals surface area contributed by atoms with Crippen molar-refractivity contribution >= 4 is 16.9 Å². The molecule has 0 radical (unpaired) electrons. The van der Waals surface area contributed by atoms with E-state index in [1.54, 1.807) is 0 Å². The van der Waals surface area contributed by atoms with Crippen LogP contribution in [-0.2, 0) is 11.3 Å². The lowest BCUT2D eigenvalue weighted by molar-refractivity contribution is -0.138. The summed E-state index contributed by atoms with van der Waals surface area (Å²) in [5, 5.41) is 1.08. The Labute approximate surface area is 176 Å². The maximum Gasteiger partial charge on any atom is 0.314 e. The van der Waals surface area contributed by atoms with Gasteiger partial charge in [-0.25, -0.2) is 0 Å². The maximum atomic E-state index is 12.7. The summed E-state index contributed by atoms with van der Waals surface area (Å²) >= 11 is 0. The minimum atomic E-state index is -0.145. The van der Waals surface area contributed by atoms with Crippen LogP contribution in [0.5, 0.6) is 5.75 Å². The number of fused-ring (bicyclic) bond motifs is 1. The van der Waals surface area contributed by atoms with Crippen LogP contribution < -0.4 is 4.74 Å². The number of esters is 1. The second-order valence-electron chi connectivity index (χ2n) is 9.08. The van der Waals surface area contributed by atoms with E-state index in [4.69, 9.17) is 9.72 Å². The van der Waals surface area contributed by atoms with Crippen LogP contribution in [0.15, 0.2) is 18.2 Å². The first-order valence-electron chi connectivity index (χ1n) is 11.0. The SMILES string of the molecule is CCCCC(C)C(=O)Oc1ccc2nc(C(C)C)c(C(C)C)cc2c1CN(C)C. The Bertz CT molecular complexity index is 840. The molecule has 1 unspecified atom stereocenters. The number of carbonyl (C=O) groups excluding carboxylic acids is 1. The van der Waals surface area contributed by atoms with Gasteiger partial charge in [0.2, 0.25) is 0 Å². The minimum absolute atomic E-state index is 0.0921. The molecule has 4 nitrogen and oxygen atoms in total. The monoisotopic (exact) mass is 398 g/mol. The third-order valence-corrected chi connectivity index (χ3v) is 5.37. The summed E-state index contributed by atoms with van der Waals surface area (Å²) in [6.07, 6.45) is 2.99. The highest BCUT2D eigenvalue weighted by Crippen LogP contribution is 2.34. The van der Waals surface area contributed by atoms with Gasteiger partial charge < -0.3 is 9.64 Å². The van der Waals surface area contributed by atoms with Crippen molar-refractivity contribution in [1.29, 1.82) is 0 Å². The highest BCUT2D eigenvalue weighted by molar-refractivity contribution is 5.87. The van der Waals surface area contributed by atoms with Crippen LogP contribution in [-0.4, -0.2) is 29.9 Å². The molecule has 0 saturated heterocycles. The van der Waals surface area contributed by atoms with E-state index < -0.39 is 0 Å². The van der Waals surface area contributed by atoms with Gasteiger partial charge in [0, 0.05) is 23.2 Å². The van der Waals surface area contributed by atoms with Crippen LogP contribution in [0.25, 0.3) is 10.9 Å². The van der Waals surface area contributed by atoms with Gasteiger partial charge in [0.25, 0.3) is 0 Å². The number of aromatic nitrogens is 1. The van der Waals surface area contributed by atoms with Crippen molar-refractivity contribution in [2.45, 2.75) is 79.2 Å². The molecule has 0 aliphatic heterocycles. The molecule has 1 atom stereocenters. The summed E-state index contributed by atoms with van der Waals surface area (Å²) in [6.45, 7) is 13.6. The Morgan fingerprint density at radius 3 is 2.34 bits per heavy atom. The molecule has 0 aliphatic carbocycles. The Morgan fingerprint density at radius 1 is 1.10 bits per heavy atom. The number of nitrogens with zero attached hydrogens (tertiary/aromatic N) is 2. The molecule has 0 bridgehead atoms. The van der Waals surface area contributed by atoms with Crippen molar-refractivity contribution in [3.05, 3.63) is 35.0 Å². The molecule has 1 heterocycles. The first-order valence-corrected chi connectivity index (χ1v) is 11.0. The number of pyridine rings is 1. The van der Waals surface area contributed by atoms with E-state index in [1.165, 1.54) is 5.56 Å². The summed E-state index contributed by atoms with van der Waals surface area (Å²) in [6, 6.07) is 6.17. The van der Waals surface area contributed by atoms with E-state index >= 15 is 0 Å². The first kappa shape index (κ1) is 23.3. The molecule has 0 spiro atoms. The van der Waals surface area contributed by atoms with Gasteiger partial charge in [0.15, 0.2) is 0 Å². The minimum Gasteiger partial charge on any atom is -0.426 e. The van der Waals surface area contributed by atoms with Gasteiger partial charge in [0.05, 0.1) is 11.4 Å². The fourth-order valence-corrected chi connectivity index (χ4v) is 3.65. The summed E-state index contributed by atoms with van der Waals surface area (Å²) in [5.41, 5.74) is 4.43. The Morgan fingerprint density at radius 2 is 1.79 bits per heavy atom. The van der Waals surface area contributed by atoms with Gasteiger partial charge in [-0.05, 0) is 56.1 Å². The van der Waals surface area contributed by atoms with Gasteiger partial charge in [-0.3, -0.25) is 9.78 Å². The van der Waals surface area contributed by atoms with Gasteiger partial charge >= 0.3 is 5.97 Å². The summed E-state index contributed by atoms with van der Waals surface area (Å²) < 4.78 is 5.90. The van der Waals surface area contributed by atoms with E-state index in [-0.39, 0.29) is 11.9 Å². The number of hydrogen-bond acceptors (Lipinski definition) is 4. The molecule has 0 saturated carbocycles. The molecule has 0 amide bonds. The lowest BCUT2D eigenvalue weighted by Gasteiger charge is -2.21. The molecular weight excluding hydrogens is 360 g/mol. The van der Waals surface area contributed by atoms with Crippen LogP contribution in [0.1, 0.15) is 89.5 Å². The van der Waals surface area contributed by atoms with E-state index in [1.807, 2.05) is 33.2 Å². The Kier molecular flexibility index (Phi) is 8.21. The Hall–Kier alpha value is -1.94. The highest BCUT2D eigenvalue weighted by atomic mass is 16.5. The zero-order valence-electron chi connectivity index (χ0n) is 19.5. The smallest absolute Gasteiger partial charge is 0.314 e. The van der Waals surface area contributed by atoms with Crippen molar-refractivity contribution in [3.63, 3.8) is 0 Å².